The topological polar surface area (TPSA) is 108 Å². The van der Waals surface area contributed by atoms with Gasteiger partial charge in [0.15, 0.2) is 5.75 Å². The zero-order valence-electron chi connectivity index (χ0n) is 28.9. The number of carbonyl (C=O) groups excluding carboxylic acids is 2. The Balaban J connectivity index is 1.27. The van der Waals surface area contributed by atoms with E-state index in [1.54, 1.807) is 48.0 Å². The summed E-state index contributed by atoms with van der Waals surface area (Å²) in [6, 6.07) is 29.1. The van der Waals surface area contributed by atoms with Crippen LogP contribution < -0.4 is 4.74 Å². The highest BCUT2D eigenvalue weighted by Gasteiger charge is 2.42. The van der Waals surface area contributed by atoms with E-state index >= 15 is 0 Å². The van der Waals surface area contributed by atoms with Crippen molar-refractivity contribution in [1.29, 1.82) is 0 Å². The lowest BCUT2D eigenvalue weighted by Crippen LogP contribution is -2.55. The van der Waals surface area contributed by atoms with Crippen LogP contribution in [0.2, 0.25) is 0 Å². The highest BCUT2D eigenvalue weighted by molar-refractivity contribution is 7.53. The standard InChI is InChI=1S/C40H39FN3O7P/c1-3-49-52(47,50-4-2)26-48-31-23-44(24-31)39(45)34-32-16-11-21-42-36(32)38(51-37(28-12-7-5-8-13-28)29-14-9-6-10-15-29)35-33(34)25-43(40(35)46)22-27-17-19-30(41)20-18-27/h5-21,31,37H,3-4,22-26H2,1-2H3. The van der Waals surface area contributed by atoms with Crippen molar-refractivity contribution < 1.29 is 37.1 Å². The maximum absolute atomic E-state index is 14.5. The monoisotopic (exact) mass is 723 g/mol. The number of hydrogen-bond donors (Lipinski definition) is 0. The number of rotatable bonds is 14. The minimum Gasteiger partial charge on any atom is -0.478 e. The summed E-state index contributed by atoms with van der Waals surface area (Å²) >= 11 is 0. The molecule has 2 aliphatic heterocycles. The SMILES string of the molecule is CCOP(=O)(COC1CN(C(=O)c2c3c(c(OC(c4ccccc4)c4ccccc4)c4ncccc24)C(=O)N(Cc2ccc(F)cc2)C3)C1)OCC. The summed E-state index contributed by atoms with van der Waals surface area (Å²) < 4.78 is 50.2. The molecule has 1 aromatic heterocycles. The van der Waals surface area contributed by atoms with Crippen LogP contribution >= 0.6 is 7.60 Å². The maximum Gasteiger partial charge on any atom is 0.356 e. The third-order valence-electron chi connectivity index (χ3n) is 9.17. The molecule has 0 unspecified atom stereocenters. The first-order valence-electron chi connectivity index (χ1n) is 17.3. The summed E-state index contributed by atoms with van der Waals surface area (Å²) in [4.78, 5) is 37.0. The summed E-state index contributed by atoms with van der Waals surface area (Å²) in [6.45, 7) is 4.75. The molecule has 2 aliphatic rings. The normalized spacial score (nSPS) is 14.6. The van der Waals surface area contributed by atoms with Gasteiger partial charge in [-0.25, -0.2) is 4.39 Å². The molecular weight excluding hydrogens is 684 g/mol. The molecule has 268 valence electrons. The molecule has 5 aromatic rings. The Morgan fingerprint density at radius 1 is 0.904 bits per heavy atom. The number of halogens is 1. The van der Waals surface area contributed by atoms with Gasteiger partial charge in [-0.2, -0.15) is 0 Å². The van der Waals surface area contributed by atoms with Crippen molar-refractivity contribution in [3.8, 4) is 5.75 Å². The summed E-state index contributed by atoms with van der Waals surface area (Å²) in [5.41, 5.74) is 4.07. The molecule has 0 saturated carbocycles. The molecule has 0 atom stereocenters. The third-order valence-corrected chi connectivity index (χ3v) is 10.9. The third kappa shape index (κ3) is 7.22. The van der Waals surface area contributed by atoms with Crippen molar-refractivity contribution in [3.05, 3.63) is 142 Å². The van der Waals surface area contributed by atoms with E-state index in [2.05, 4.69) is 0 Å². The Hall–Kier alpha value is -4.93. The zero-order chi connectivity index (χ0) is 36.2. The number of hydrogen-bond acceptors (Lipinski definition) is 8. The van der Waals surface area contributed by atoms with E-state index in [4.69, 9.17) is 23.5 Å². The molecule has 12 heteroatoms. The van der Waals surface area contributed by atoms with Crippen molar-refractivity contribution >= 4 is 30.3 Å². The largest absolute Gasteiger partial charge is 0.478 e. The first-order chi connectivity index (χ1) is 25.3. The number of pyridine rings is 1. The Morgan fingerprint density at radius 2 is 1.54 bits per heavy atom. The Kier molecular flexibility index (Phi) is 10.5. The minimum atomic E-state index is -3.42. The first kappa shape index (κ1) is 35.5. The van der Waals surface area contributed by atoms with Gasteiger partial charge in [0, 0.05) is 43.3 Å². The Labute approximate surface area is 301 Å². The maximum atomic E-state index is 14.5. The van der Waals surface area contributed by atoms with Gasteiger partial charge in [0.2, 0.25) is 0 Å². The van der Waals surface area contributed by atoms with Crippen LogP contribution in [0.4, 0.5) is 4.39 Å². The molecule has 0 N–H and O–H groups in total. The van der Waals surface area contributed by atoms with Gasteiger partial charge < -0.3 is 28.3 Å². The quantitative estimate of drug-likeness (QED) is 0.107. The molecule has 52 heavy (non-hydrogen) atoms. The first-order valence-corrected chi connectivity index (χ1v) is 19.0. The zero-order valence-corrected chi connectivity index (χ0v) is 29.8. The van der Waals surface area contributed by atoms with Crippen LogP contribution in [-0.4, -0.2) is 65.4 Å². The molecule has 0 spiro atoms. The second kappa shape index (κ2) is 15.4. The fourth-order valence-corrected chi connectivity index (χ4v) is 8.11. The second-order valence-electron chi connectivity index (χ2n) is 12.6. The van der Waals surface area contributed by atoms with Crippen molar-refractivity contribution in [2.24, 2.45) is 0 Å². The van der Waals surface area contributed by atoms with Gasteiger partial charge in [-0.15, -0.1) is 0 Å². The molecule has 3 heterocycles. The van der Waals surface area contributed by atoms with Crippen LogP contribution in [0.5, 0.6) is 5.75 Å². The number of likely N-dealkylation sites (tertiary alicyclic amines) is 1. The van der Waals surface area contributed by atoms with Crippen molar-refractivity contribution in [2.75, 3.05) is 32.7 Å². The lowest BCUT2D eigenvalue weighted by Gasteiger charge is -2.39. The molecule has 7 rings (SSSR count). The molecule has 1 saturated heterocycles. The van der Waals surface area contributed by atoms with Crippen molar-refractivity contribution in [3.63, 3.8) is 0 Å². The highest BCUT2D eigenvalue weighted by atomic mass is 31.2. The summed E-state index contributed by atoms with van der Waals surface area (Å²) in [6.07, 6.45) is 0.447. The van der Waals surface area contributed by atoms with Crippen LogP contribution in [-0.2, 0) is 31.4 Å². The van der Waals surface area contributed by atoms with Crippen LogP contribution in [0, 0.1) is 5.82 Å². The number of amides is 2. The van der Waals surface area contributed by atoms with Crippen LogP contribution in [0.3, 0.4) is 0 Å². The number of carbonyl (C=O) groups is 2. The van der Waals surface area contributed by atoms with Gasteiger partial charge in [0.05, 0.1) is 30.4 Å². The van der Waals surface area contributed by atoms with Crippen LogP contribution in [0.15, 0.2) is 103 Å². The molecule has 0 aliphatic carbocycles. The van der Waals surface area contributed by atoms with Gasteiger partial charge in [0.25, 0.3) is 11.8 Å². The van der Waals surface area contributed by atoms with Crippen LogP contribution in [0.1, 0.15) is 62.9 Å². The highest BCUT2D eigenvalue weighted by Crippen LogP contribution is 2.49. The number of fused-ring (bicyclic) bond motifs is 2. The molecule has 10 nitrogen and oxygen atoms in total. The number of ether oxygens (including phenoxy) is 2. The number of benzene rings is 4. The van der Waals surface area contributed by atoms with Gasteiger partial charge in [-0.3, -0.25) is 19.1 Å². The molecule has 1 fully saturated rings. The van der Waals surface area contributed by atoms with Crippen LogP contribution in [0.25, 0.3) is 10.9 Å². The van der Waals surface area contributed by atoms with Gasteiger partial charge in [-0.1, -0.05) is 78.9 Å². The van der Waals surface area contributed by atoms with E-state index in [9.17, 15) is 18.5 Å². The second-order valence-corrected chi connectivity index (χ2v) is 14.6. The lowest BCUT2D eigenvalue weighted by atomic mass is 9.94. The van der Waals surface area contributed by atoms with E-state index in [0.29, 0.717) is 27.8 Å². The van der Waals surface area contributed by atoms with Crippen molar-refractivity contribution in [2.45, 2.75) is 39.1 Å². The Morgan fingerprint density at radius 3 is 2.15 bits per heavy atom. The predicted molar refractivity (Wildman–Crippen MR) is 194 cm³/mol. The molecule has 0 radical (unpaired) electrons. The van der Waals surface area contributed by atoms with Gasteiger partial charge in [0.1, 0.15) is 23.8 Å². The number of nitrogens with zero attached hydrogens (tertiary/aromatic N) is 3. The Bertz CT molecular complexity index is 2060. The summed E-state index contributed by atoms with van der Waals surface area (Å²) in [5, 5.41) is 0.555. The van der Waals surface area contributed by atoms with E-state index in [-0.39, 0.29) is 75.0 Å². The molecule has 2 amide bonds. The fraction of sp³-hybridized carbons (Fsp3) is 0.275. The van der Waals surface area contributed by atoms with Gasteiger partial charge >= 0.3 is 7.60 Å². The van der Waals surface area contributed by atoms with Gasteiger partial charge in [-0.05, 0) is 48.7 Å². The lowest BCUT2D eigenvalue weighted by molar-refractivity contribution is -0.0321. The average molecular weight is 724 g/mol. The predicted octanol–water partition coefficient (Wildman–Crippen LogP) is 7.76. The molecule has 0 bridgehead atoms. The van der Waals surface area contributed by atoms with Crippen molar-refractivity contribution in [1.82, 2.24) is 14.8 Å². The molecular formula is C40H39FN3O7P. The van der Waals surface area contributed by atoms with E-state index < -0.39 is 13.7 Å². The van der Waals surface area contributed by atoms with E-state index in [1.165, 1.54) is 12.1 Å². The fourth-order valence-electron chi connectivity index (χ4n) is 6.70. The summed E-state index contributed by atoms with van der Waals surface area (Å²) in [5.74, 6) is -0.677. The average Bonchev–Trinajstić information content (AvgIpc) is 3.45. The smallest absolute Gasteiger partial charge is 0.356 e. The van der Waals surface area contributed by atoms with E-state index in [0.717, 1.165) is 16.7 Å². The number of aromatic nitrogens is 1. The summed E-state index contributed by atoms with van der Waals surface area (Å²) in [7, 11) is -3.42. The van der Waals surface area contributed by atoms with E-state index in [1.807, 2.05) is 66.7 Å². The molecule has 4 aromatic carbocycles. The minimum absolute atomic E-state index is 0.134.